The summed E-state index contributed by atoms with van der Waals surface area (Å²) in [6, 6.07) is 7.06. The van der Waals surface area contributed by atoms with Crippen molar-refractivity contribution in [1.82, 2.24) is 9.29 Å². The van der Waals surface area contributed by atoms with Crippen LogP contribution in [0.2, 0.25) is 0 Å². The normalized spacial score (nSPS) is 12.6. The van der Waals surface area contributed by atoms with Crippen LogP contribution < -0.4 is 5.73 Å². The Hall–Kier alpha value is -2.83. The largest absolute Gasteiger partial charge is 0.437 e. The second kappa shape index (κ2) is 10.7. The molecule has 0 aliphatic rings. The van der Waals surface area contributed by atoms with Gasteiger partial charge in [-0.1, -0.05) is 6.92 Å². The van der Waals surface area contributed by atoms with E-state index in [0.29, 0.717) is 28.6 Å². The Morgan fingerprint density at radius 3 is 2.33 bits per heavy atom. The van der Waals surface area contributed by atoms with Gasteiger partial charge in [-0.2, -0.15) is 4.31 Å². The molecule has 1 aromatic carbocycles. The Morgan fingerprint density at radius 2 is 1.81 bits per heavy atom. The Labute approximate surface area is 210 Å². The highest BCUT2D eigenvalue weighted by Gasteiger charge is 2.25. The minimum atomic E-state index is -3.68. The summed E-state index contributed by atoms with van der Waals surface area (Å²) in [5.74, 6) is -1.19. The molecule has 2 aromatic heterocycles. The second-order valence-corrected chi connectivity index (χ2v) is 13.5. The van der Waals surface area contributed by atoms with Gasteiger partial charge in [0, 0.05) is 12.1 Å². The number of hydrogen-bond acceptors (Lipinski definition) is 7. The quantitative estimate of drug-likeness (QED) is 0.394. The van der Waals surface area contributed by atoms with Crippen molar-refractivity contribution in [3.63, 3.8) is 0 Å². The zero-order valence-corrected chi connectivity index (χ0v) is 22.2. The predicted octanol–water partition coefficient (Wildman–Crippen LogP) is 3.27. The predicted molar refractivity (Wildman–Crippen MR) is 136 cm³/mol. The maximum atomic E-state index is 13.4. The number of nitrogens with two attached hydrogens (primary N) is 1. The number of halogens is 1. The molecule has 0 unspecified atom stereocenters. The molecule has 0 radical (unpaired) electrons. The summed E-state index contributed by atoms with van der Waals surface area (Å²) in [6.45, 7) is 4.93. The monoisotopic (exact) mass is 539 g/mol. The third-order valence-electron chi connectivity index (χ3n) is 5.93. The number of nitrogens with zero attached hydrogens (tertiary/aromatic N) is 2. The molecule has 0 bridgehead atoms. The maximum absolute atomic E-state index is 13.4. The van der Waals surface area contributed by atoms with Gasteiger partial charge in [-0.15, -0.1) is 0 Å². The van der Waals surface area contributed by atoms with Crippen LogP contribution in [0.4, 0.5) is 4.39 Å². The van der Waals surface area contributed by atoms with Gasteiger partial charge in [0.05, 0.1) is 40.4 Å². The molecule has 0 spiro atoms. The van der Waals surface area contributed by atoms with Gasteiger partial charge in [-0.05, 0) is 62.6 Å². The number of pyridine rings is 1. The lowest BCUT2D eigenvalue weighted by molar-refractivity contribution is 0.100. The molecule has 36 heavy (non-hydrogen) atoms. The van der Waals surface area contributed by atoms with E-state index < -0.39 is 36.8 Å². The average Bonchev–Trinajstić information content (AvgIpc) is 3.15. The number of rotatable bonds is 11. The van der Waals surface area contributed by atoms with Crippen molar-refractivity contribution in [3.8, 4) is 11.3 Å². The number of aryl methyl sites for hydroxylation is 1. The van der Waals surface area contributed by atoms with Gasteiger partial charge in [-0.3, -0.25) is 4.79 Å². The molecule has 1 amide bonds. The second-order valence-electron chi connectivity index (χ2n) is 8.84. The van der Waals surface area contributed by atoms with E-state index in [1.165, 1.54) is 28.6 Å². The zero-order valence-electron chi connectivity index (χ0n) is 20.6. The van der Waals surface area contributed by atoms with Gasteiger partial charge >= 0.3 is 0 Å². The Balaban J connectivity index is 2.02. The molecule has 0 atom stereocenters. The lowest BCUT2D eigenvalue weighted by atomic mass is 10.0. The molecule has 196 valence electrons. The molecule has 0 saturated carbocycles. The van der Waals surface area contributed by atoms with Gasteiger partial charge in [-0.25, -0.2) is 26.2 Å². The van der Waals surface area contributed by atoms with E-state index in [-0.39, 0.29) is 42.3 Å². The van der Waals surface area contributed by atoms with Crippen molar-refractivity contribution in [2.24, 2.45) is 5.73 Å². The minimum Gasteiger partial charge on any atom is -0.437 e. The van der Waals surface area contributed by atoms with Crippen LogP contribution in [0.15, 0.2) is 34.7 Å². The van der Waals surface area contributed by atoms with Gasteiger partial charge in [0.1, 0.15) is 11.6 Å². The van der Waals surface area contributed by atoms with Crippen LogP contribution in [-0.4, -0.2) is 55.8 Å². The molecule has 0 aliphatic carbocycles. The molecule has 12 heteroatoms. The molecule has 3 aromatic rings. The first-order chi connectivity index (χ1) is 16.7. The number of hydrogen-bond donors (Lipinski definition) is 1. The fourth-order valence-corrected chi connectivity index (χ4v) is 5.62. The van der Waals surface area contributed by atoms with Gasteiger partial charge < -0.3 is 10.2 Å². The first-order valence-electron chi connectivity index (χ1n) is 11.4. The number of carbonyl (C=O) groups is 1. The van der Waals surface area contributed by atoms with Crippen LogP contribution in [0.5, 0.6) is 0 Å². The number of fused-ring (bicyclic) bond motifs is 1. The standard InChI is InChI=1S/C24H30FN3O6S2/c1-5-16-13-19-21(23(26)29)22(17-7-9-18(25)10-8-17)34-24(19)27-20(16)14-28(35(4,30)31)11-6-12-36(32,33)15(2)3/h7-10,13,15H,5-6,11-12,14H2,1-4H3,(H2,26,29). The summed E-state index contributed by atoms with van der Waals surface area (Å²) in [5.41, 5.74) is 7.36. The Kier molecular flexibility index (Phi) is 8.21. The van der Waals surface area contributed by atoms with Crippen molar-refractivity contribution in [2.75, 3.05) is 18.6 Å². The fourth-order valence-electron chi connectivity index (χ4n) is 3.80. The lowest BCUT2D eigenvalue weighted by Gasteiger charge is -2.21. The highest BCUT2D eigenvalue weighted by molar-refractivity contribution is 7.92. The summed E-state index contributed by atoms with van der Waals surface area (Å²) in [6.07, 6.45) is 1.67. The number of carbonyl (C=O) groups excluding carboxylic acids is 1. The van der Waals surface area contributed by atoms with Crippen molar-refractivity contribution < 1.29 is 30.4 Å². The molecule has 0 fully saturated rings. The van der Waals surface area contributed by atoms with Gasteiger partial charge in [0.15, 0.2) is 9.84 Å². The number of furan rings is 1. The fraction of sp³-hybridized carbons (Fsp3) is 0.417. The van der Waals surface area contributed by atoms with Crippen molar-refractivity contribution in [3.05, 3.63) is 53.0 Å². The van der Waals surface area contributed by atoms with Crippen LogP contribution in [-0.2, 0) is 32.8 Å². The van der Waals surface area contributed by atoms with Crippen molar-refractivity contribution in [2.45, 2.75) is 45.4 Å². The number of sulfonamides is 1. The van der Waals surface area contributed by atoms with E-state index in [1.54, 1.807) is 19.9 Å². The minimum absolute atomic E-state index is 0.000819. The first kappa shape index (κ1) is 27.8. The molecule has 2 heterocycles. The van der Waals surface area contributed by atoms with E-state index in [4.69, 9.17) is 10.2 Å². The summed E-state index contributed by atoms with van der Waals surface area (Å²) >= 11 is 0. The van der Waals surface area contributed by atoms with Crippen LogP contribution in [0.3, 0.4) is 0 Å². The zero-order chi connectivity index (χ0) is 26.8. The Morgan fingerprint density at radius 1 is 1.17 bits per heavy atom. The topological polar surface area (TPSA) is 141 Å². The molecule has 2 N–H and O–H groups in total. The van der Waals surface area contributed by atoms with E-state index in [2.05, 4.69) is 4.98 Å². The highest BCUT2D eigenvalue weighted by Crippen LogP contribution is 2.34. The van der Waals surface area contributed by atoms with Crippen molar-refractivity contribution >= 4 is 36.9 Å². The number of aromatic nitrogens is 1. The van der Waals surface area contributed by atoms with E-state index in [9.17, 15) is 26.0 Å². The summed E-state index contributed by atoms with van der Waals surface area (Å²) in [7, 11) is -7.00. The van der Waals surface area contributed by atoms with Gasteiger partial charge in [0.25, 0.3) is 5.91 Å². The van der Waals surface area contributed by atoms with Crippen LogP contribution in [0.25, 0.3) is 22.4 Å². The third-order valence-corrected chi connectivity index (χ3v) is 9.48. The lowest BCUT2D eigenvalue weighted by Crippen LogP contribution is -2.32. The van der Waals surface area contributed by atoms with E-state index in [1.807, 2.05) is 6.92 Å². The molecular weight excluding hydrogens is 509 g/mol. The smallest absolute Gasteiger partial charge is 0.253 e. The number of benzene rings is 1. The van der Waals surface area contributed by atoms with Crippen LogP contribution in [0, 0.1) is 5.82 Å². The number of sulfone groups is 1. The summed E-state index contributed by atoms with van der Waals surface area (Å²) < 4.78 is 69.7. The highest BCUT2D eigenvalue weighted by atomic mass is 32.2. The van der Waals surface area contributed by atoms with Crippen LogP contribution >= 0.6 is 0 Å². The Bertz CT molecular complexity index is 1480. The van der Waals surface area contributed by atoms with Crippen molar-refractivity contribution in [1.29, 1.82) is 0 Å². The van der Waals surface area contributed by atoms with E-state index >= 15 is 0 Å². The summed E-state index contributed by atoms with van der Waals surface area (Å²) in [5, 5.41) is -0.176. The molecular formula is C24H30FN3O6S2. The molecule has 9 nitrogen and oxygen atoms in total. The third kappa shape index (κ3) is 6.11. The van der Waals surface area contributed by atoms with Crippen LogP contribution in [0.1, 0.15) is 48.8 Å². The SMILES string of the molecule is CCc1cc2c(C(N)=O)c(-c3ccc(F)cc3)oc2nc1CN(CCCS(=O)(=O)C(C)C)S(C)(=O)=O. The summed E-state index contributed by atoms with van der Waals surface area (Å²) in [4.78, 5) is 16.8. The molecule has 3 rings (SSSR count). The molecule has 0 saturated heterocycles. The maximum Gasteiger partial charge on any atom is 0.253 e. The van der Waals surface area contributed by atoms with Gasteiger partial charge in [0.2, 0.25) is 15.7 Å². The first-order valence-corrected chi connectivity index (χ1v) is 15.0. The number of primary amides is 1. The number of amides is 1. The van der Waals surface area contributed by atoms with E-state index in [0.717, 1.165) is 6.26 Å². The average molecular weight is 540 g/mol. The molecule has 0 aliphatic heterocycles.